The van der Waals surface area contributed by atoms with Gasteiger partial charge in [0.05, 0.1) is 0 Å². The molecule has 4 heteroatoms. The molecule has 0 saturated carbocycles. The van der Waals surface area contributed by atoms with E-state index in [2.05, 4.69) is 0 Å². The fourth-order valence-electron chi connectivity index (χ4n) is 2.18. The fraction of sp³-hybridized carbons (Fsp3) is 0.294. The summed E-state index contributed by atoms with van der Waals surface area (Å²) in [5.74, 6) is 0.771. The minimum atomic E-state index is -0.288. The van der Waals surface area contributed by atoms with Crippen molar-refractivity contribution < 1.29 is 4.74 Å². The molecule has 0 aliphatic rings. The Morgan fingerprint density at radius 3 is 2.48 bits per heavy atom. The average Bonchev–Trinajstić information content (AvgIpc) is 2.47. The maximum absolute atomic E-state index is 6.29. The first kappa shape index (κ1) is 16.2. The van der Waals surface area contributed by atoms with Crippen molar-refractivity contribution in [1.29, 1.82) is 0 Å². The van der Waals surface area contributed by atoms with E-state index >= 15 is 0 Å². The summed E-state index contributed by atoms with van der Waals surface area (Å²) in [4.78, 5) is 0. The third-order valence-corrected chi connectivity index (χ3v) is 4.04. The largest absolute Gasteiger partial charge is 0.484 e. The van der Waals surface area contributed by atoms with Crippen LogP contribution in [0.25, 0.3) is 0 Å². The van der Waals surface area contributed by atoms with Crippen molar-refractivity contribution in [1.82, 2.24) is 0 Å². The van der Waals surface area contributed by atoms with Gasteiger partial charge < -0.3 is 10.5 Å². The highest BCUT2D eigenvalue weighted by molar-refractivity contribution is 6.31. The van der Waals surface area contributed by atoms with Crippen LogP contribution in [0, 0.1) is 6.92 Å². The van der Waals surface area contributed by atoms with Gasteiger partial charge in [0.2, 0.25) is 0 Å². The molecular weight excluding hydrogens is 305 g/mol. The molecule has 2 aromatic carbocycles. The van der Waals surface area contributed by atoms with E-state index in [0.717, 1.165) is 23.3 Å². The molecule has 2 unspecified atom stereocenters. The first-order valence-corrected chi connectivity index (χ1v) is 7.71. The van der Waals surface area contributed by atoms with Crippen molar-refractivity contribution in [3.63, 3.8) is 0 Å². The van der Waals surface area contributed by atoms with Gasteiger partial charge in [-0.05, 0) is 43.2 Å². The Balaban J connectivity index is 2.35. The Kier molecular flexibility index (Phi) is 5.51. The molecule has 0 aliphatic carbocycles. The molecule has 2 atom stereocenters. The monoisotopic (exact) mass is 323 g/mol. The van der Waals surface area contributed by atoms with Crippen LogP contribution < -0.4 is 10.5 Å². The molecule has 0 amide bonds. The number of nitrogens with two attached hydrogens (primary N) is 1. The zero-order chi connectivity index (χ0) is 15.4. The lowest BCUT2D eigenvalue weighted by atomic mass is 10.0. The molecule has 0 aliphatic heterocycles. The van der Waals surface area contributed by atoms with Crippen molar-refractivity contribution in [3.8, 4) is 5.75 Å². The Labute approximate surface area is 135 Å². The summed E-state index contributed by atoms with van der Waals surface area (Å²) in [6.45, 7) is 3.99. The molecular formula is C17H19Cl2NO. The van der Waals surface area contributed by atoms with Gasteiger partial charge in [-0.25, -0.2) is 0 Å². The van der Waals surface area contributed by atoms with Crippen molar-refractivity contribution in [2.75, 3.05) is 0 Å². The van der Waals surface area contributed by atoms with Crippen LogP contribution in [0.15, 0.2) is 42.5 Å². The van der Waals surface area contributed by atoms with Crippen LogP contribution in [0.1, 0.15) is 30.6 Å². The van der Waals surface area contributed by atoms with Crippen LogP contribution in [-0.4, -0.2) is 6.04 Å². The van der Waals surface area contributed by atoms with Gasteiger partial charge in [-0.2, -0.15) is 0 Å². The SMILES string of the molecule is CCC(N)C(Oc1ccc(Cl)cc1C)c1ccccc1Cl. The van der Waals surface area contributed by atoms with E-state index in [0.29, 0.717) is 10.0 Å². The van der Waals surface area contributed by atoms with E-state index in [-0.39, 0.29) is 12.1 Å². The van der Waals surface area contributed by atoms with Crippen LogP contribution in [0.5, 0.6) is 5.75 Å². The van der Waals surface area contributed by atoms with Crippen LogP contribution >= 0.6 is 23.2 Å². The summed E-state index contributed by atoms with van der Waals surface area (Å²) in [5.41, 5.74) is 8.12. The lowest BCUT2D eigenvalue weighted by Gasteiger charge is -2.26. The molecule has 0 heterocycles. The van der Waals surface area contributed by atoms with Gasteiger partial charge in [-0.3, -0.25) is 0 Å². The topological polar surface area (TPSA) is 35.2 Å². The van der Waals surface area contributed by atoms with Crippen LogP contribution in [0.2, 0.25) is 10.0 Å². The molecule has 112 valence electrons. The van der Waals surface area contributed by atoms with Crippen LogP contribution in [0.3, 0.4) is 0 Å². The summed E-state index contributed by atoms with van der Waals surface area (Å²) in [6.07, 6.45) is 0.506. The van der Waals surface area contributed by atoms with Gasteiger partial charge in [-0.15, -0.1) is 0 Å². The molecule has 0 spiro atoms. The molecule has 0 radical (unpaired) electrons. The van der Waals surface area contributed by atoms with E-state index in [1.165, 1.54) is 0 Å². The number of halogens is 2. The average molecular weight is 324 g/mol. The molecule has 0 saturated heterocycles. The first-order chi connectivity index (χ1) is 10.0. The Morgan fingerprint density at radius 1 is 1.14 bits per heavy atom. The summed E-state index contributed by atoms with van der Waals surface area (Å²) in [7, 11) is 0. The third-order valence-electron chi connectivity index (χ3n) is 3.46. The summed E-state index contributed by atoms with van der Waals surface area (Å²) in [6, 6.07) is 13.0. The van der Waals surface area contributed by atoms with Crippen LogP contribution in [0.4, 0.5) is 0 Å². The van der Waals surface area contributed by atoms with E-state index < -0.39 is 0 Å². The lowest BCUT2D eigenvalue weighted by molar-refractivity contribution is 0.170. The Hall–Kier alpha value is -1.22. The highest BCUT2D eigenvalue weighted by Gasteiger charge is 2.23. The lowest BCUT2D eigenvalue weighted by Crippen LogP contribution is -2.31. The second-order valence-electron chi connectivity index (χ2n) is 5.04. The van der Waals surface area contributed by atoms with Gasteiger partial charge in [0.15, 0.2) is 0 Å². The predicted octanol–water partition coefficient (Wildman–Crippen LogP) is 5.16. The summed E-state index contributed by atoms with van der Waals surface area (Å²) in [5, 5.41) is 1.35. The smallest absolute Gasteiger partial charge is 0.140 e. The normalized spacial score (nSPS) is 13.8. The predicted molar refractivity (Wildman–Crippen MR) is 89.3 cm³/mol. The molecule has 2 nitrogen and oxygen atoms in total. The van der Waals surface area contributed by atoms with Crippen molar-refractivity contribution in [2.24, 2.45) is 5.73 Å². The van der Waals surface area contributed by atoms with E-state index in [1.54, 1.807) is 0 Å². The molecule has 0 fully saturated rings. The van der Waals surface area contributed by atoms with Crippen molar-refractivity contribution >= 4 is 23.2 Å². The number of ether oxygens (including phenoxy) is 1. The zero-order valence-corrected chi connectivity index (χ0v) is 13.7. The van der Waals surface area contributed by atoms with Gasteiger partial charge in [0.1, 0.15) is 11.9 Å². The van der Waals surface area contributed by atoms with Gasteiger partial charge in [0, 0.05) is 21.7 Å². The quantitative estimate of drug-likeness (QED) is 0.824. The van der Waals surface area contributed by atoms with Gasteiger partial charge in [0.25, 0.3) is 0 Å². The second kappa shape index (κ2) is 7.17. The Bertz CT molecular complexity index is 615. The number of hydrogen-bond donors (Lipinski definition) is 1. The third kappa shape index (κ3) is 3.91. The van der Waals surface area contributed by atoms with Gasteiger partial charge >= 0.3 is 0 Å². The molecule has 0 aromatic heterocycles. The summed E-state index contributed by atoms with van der Waals surface area (Å²) >= 11 is 12.3. The standard InChI is InChI=1S/C17H19Cl2NO/c1-3-15(20)17(13-6-4-5-7-14(13)19)21-16-9-8-12(18)10-11(16)2/h4-10,15,17H,3,20H2,1-2H3. The van der Waals surface area contributed by atoms with E-state index in [4.69, 9.17) is 33.7 Å². The van der Waals surface area contributed by atoms with E-state index in [1.807, 2.05) is 56.3 Å². The molecule has 2 aromatic rings. The van der Waals surface area contributed by atoms with Gasteiger partial charge in [-0.1, -0.05) is 48.3 Å². The molecule has 0 bridgehead atoms. The maximum Gasteiger partial charge on any atom is 0.140 e. The minimum absolute atomic E-state index is 0.139. The van der Waals surface area contributed by atoms with E-state index in [9.17, 15) is 0 Å². The van der Waals surface area contributed by atoms with Crippen LogP contribution in [-0.2, 0) is 0 Å². The number of benzene rings is 2. The zero-order valence-electron chi connectivity index (χ0n) is 12.1. The highest BCUT2D eigenvalue weighted by Crippen LogP contribution is 2.32. The molecule has 2 rings (SSSR count). The molecule has 21 heavy (non-hydrogen) atoms. The fourth-order valence-corrected chi connectivity index (χ4v) is 2.65. The molecule has 2 N–H and O–H groups in total. The number of hydrogen-bond acceptors (Lipinski definition) is 2. The summed E-state index contributed by atoms with van der Waals surface area (Å²) < 4.78 is 6.15. The maximum atomic E-state index is 6.29. The van der Waals surface area contributed by atoms with Crippen molar-refractivity contribution in [2.45, 2.75) is 32.4 Å². The highest BCUT2D eigenvalue weighted by atomic mass is 35.5. The minimum Gasteiger partial charge on any atom is -0.484 e. The number of rotatable bonds is 5. The Morgan fingerprint density at radius 2 is 1.86 bits per heavy atom. The number of aryl methyl sites for hydroxylation is 1. The first-order valence-electron chi connectivity index (χ1n) is 6.95. The van der Waals surface area contributed by atoms with Crippen molar-refractivity contribution in [3.05, 3.63) is 63.6 Å². The second-order valence-corrected chi connectivity index (χ2v) is 5.89.